The molecule has 2 nitrogen and oxygen atoms in total. The first-order valence-corrected chi connectivity index (χ1v) is 13.4. The van der Waals surface area contributed by atoms with Gasteiger partial charge in [0.2, 0.25) is 22.4 Å². The second-order valence-electron chi connectivity index (χ2n) is 10.5. The van der Waals surface area contributed by atoms with Crippen molar-refractivity contribution in [2.75, 3.05) is 0 Å². The molecule has 0 unspecified atom stereocenters. The Morgan fingerprint density at radius 3 is 1.62 bits per heavy atom. The van der Waals surface area contributed by atoms with Crippen molar-refractivity contribution in [1.29, 1.82) is 0 Å². The van der Waals surface area contributed by atoms with Crippen LogP contribution in [0.1, 0.15) is 31.9 Å². The van der Waals surface area contributed by atoms with Gasteiger partial charge < -0.3 is 0 Å². The minimum atomic E-state index is -2.06. The van der Waals surface area contributed by atoms with Crippen molar-refractivity contribution >= 4 is 21.8 Å². The van der Waals surface area contributed by atoms with Crippen LogP contribution in [0, 0.1) is 34.5 Å². The molecule has 39 heavy (non-hydrogen) atoms. The zero-order valence-electron chi connectivity index (χ0n) is 26.7. The molecule has 6 aromatic rings. The summed E-state index contributed by atoms with van der Waals surface area (Å²) in [4.78, 5) is 0. The minimum Gasteiger partial charge on any atom is -0.194 e. The maximum Gasteiger partial charge on any atom is 0.213 e. The molecular formula is C37H38N2+2. The highest BCUT2D eigenvalue weighted by Crippen LogP contribution is 2.26. The van der Waals surface area contributed by atoms with Crippen LogP contribution in [0.25, 0.3) is 44.3 Å². The lowest BCUT2D eigenvalue weighted by molar-refractivity contribution is -0.633. The van der Waals surface area contributed by atoms with Gasteiger partial charge in [0.05, 0.1) is 0 Å². The van der Waals surface area contributed by atoms with E-state index in [0.717, 1.165) is 22.3 Å². The monoisotopic (exact) mass is 513 g/mol. The summed E-state index contributed by atoms with van der Waals surface area (Å²) in [5, 5.41) is 2.46. The molecule has 0 amide bonds. The third kappa shape index (κ3) is 5.20. The summed E-state index contributed by atoms with van der Waals surface area (Å²) in [6.45, 7) is 6.46. The number of benzene rings is 4. The second kappa shape index (κ2) is 10.8. The normalized spacial score (nSPS) is 12.4. The minimum absolute atomic E-state index is 0.386. The Morgan fingerprint density at radius 2 is 1.05 bits per heavy atom. The Balaban J connectivity index is 0.000000169. The summed E-state index contributed by atoms with van der Waals surface area (Å²) in [7, 11) is 4.18. The van der Waals surface area contributed by atoms with E-state index in [2.05, 4.69) is 110 Å². The number of fused-ring (bicyclic) bond motifs is 2. The van der Waals surface area contributed by atoms with Gasteiger partial charge >= 0.3 is 0 Å². The fraction of sp³-hybridized carbons (Fsp3) is 0.189. The summed E-state index contributed by atoms with van der Waals surface area (Å²) >= 11 is 0. The van der Waals surface area contributed by atoms with Crippen molar-refractivity contribution in [1.82, 2.24) is 0 Å². The third-order valence-corrected chi connectivity index (χ3v) is 7.75. The predicted octanol–water partition coefficient (Wildman–Crippen LogP) is 8.20. The molecule has 0 saturated heterocycles. The summed E-state index contributed by atoms with van der Waals surface area (Å²) < 4.78 is 27.0. The summed E-state index contributed by atoms with van der Waals surface area (Å²) in [5.41, 5.74) is 12.5. The molecule has 6 rings (SSSR count). The molecule has 0 aliphatic carbocycles. The summed E-state index contributed by atoms with van der Waals surface area (Å²) in [6.07, 6.45) is 0. The Kier molecular flexibility index (Phi) is 6.29. The molecule has 0 saturated carbocycles. The highest BCUT2D eigenvalue weighted by Gasteiger charge is 2.17. The molecule has 0 N–H and O–H groups in total. The number of pyridine rings is 2. The number of rotatable bonds is 2. The Labute approximate surface area is 237 Å². The van der Waals surface area contributed by atoms with Crippen molar-refractivity contribution in [2.45, 2.75) is 34.5 Å². The Bertz CT molecular complexity index is 1940. The van der Waals surface area contributed by atoms with E-state index in [0.29, 0.717) is 5.56 Å². The van der Waals surface area contributed by atoms with Gasteiger partial charge in [0.1, 0.15) is 14.1 Å². The first-order valence-electron chi connectivity index (χ1n) is 14.9. The van der Waals surface area contributed by atoms with E-state index >= 15 is 0 Å². The van der Waals surface area contributed by atoms with E-state index in [-0.39, 0.29) is 0 Å². The van der Waals surface area contributed by atoms with E-state index in [1.807, 2.05) is 32.2 Å². The van der Waals surface area contributed by atoms with E-state index in [1.165, 1.54) is 44.2 Å². The average Bonchev–Trinajstić information content (AvgIpc) is 2.96. The van der Waals surface area contributed by atoms with Crippen molar-refractivity contribution in [2.24, 2.45) is 14.1 Å². The number of aromatic nitrogens is 2. The summed E-state index contributed by atoms with van der Waals surface area (Å²) in [5.74, 6) is 0. The lowest BCUT2D eigenvalue weighted by Crippen LogP contribution is -2.32. The number of nitrogens with zero attached hydrogens (tertiary/aromatic N) is 2. The van der Waals surface area contributed by atoms with Gasteiger partial charge in [-0.2, -0.15) is 9.13 Å². The zero-order chi connectivity index (χ0) is 30.2. The van der Waals surface area contributed by atoms with E-state index in [1.54, 1.807) is 12.1 Å². The quantitative estimate of drug-likeness (QED) is 0.206. The van der Waals surface area contributed by atoms with Gasteiger partial charge in [-0.1, -0.05) is 53.6 Å². The highest BCUT2D eigenvalue weighted by atomic mass is 14.9. The zero-order valence-corrected chi connectivity index (χ0v) is 23.7. The van der Waals surface area contributed by atoms with Crippen molar-refractivity contribution in [3.05, 3.63) is 131 Å². The fourth-order valence-corrected chi connectivity index (χ4v) is 5.49. The Morgan fingerprint density at radius 1 is 0.513 bits per heavy atom. The van der Waals surface area contributed by atoms with Crippen molar-refractivity contribution in [3.63, 3.8) is 0 Å². The number of para-hydroxylation sites is 2. The maximum absolute atomic E-state index is 7.52. The number of aryl methyl sites for hydroxylation is 6. The van der Waals surface area contributed by atoms with Gasteiger partial charge in [0.25, 0.3) is 0 Å². The first kappa shape index (κ1) is 22.7. The molecule has 4 aromatic carbocycles. The number of hydrogen-bond acceptors (Lipinski definition) is 0. The van der Waals surface area contributed by atoms with Crippen LogP contribution in [0.3, 0.4) is 0 Å². The molecule has 0 radical (unpaired) electrons. The van der Waals surface area contributed by atoms with Crippen LogP contribution >= 0.6 is 0 Å². The van der Waals surface area contributed by atoms with Gasteiger partial charge in [-0.15, -0.1) is 0 Å². The molecule has 2 heterocycles. The highest BCUT2D eigenvalue weighted by molar-refractivity contribution is 5.79. The second-order valence-corrected chi connectivity index (χ2v) is 10.5. The molecule has 0 spiro atoms. The lowest BCUT2D eigenvalue weighted by Gasteiger charge is -2.10. The number of hydrogen-bond donors (Lipinski definition) is 0. The summed E-state index contributed by atoms with van der Waals surface area (Å²) in [6, 6.07) is 35.3. The van der Waals surface area contributed by atoms with Gasteiger partial charge in [-0.3, -0.25) is 0 Å². The van der Waals surface area contributed by atoms with Crippen LogP contribution in [0.5, 0.6) is 0 Å². The van der Waals surface area contributed by atoms with E-state index < -0.39 is 6.85 Å². The van der Waals surface area contributed by atoms with Crippen molar-refractivity contribution in [3.8, 4) is 22.5 Å². The largest absolute Gasteiger partial charge is 0.213 e. The molecule has 2 heteroatoms. The molecule has 0 fully saturated rings. The van der Waals surface area contributed by atoms with Crippen LogP contribution < -0.4 is 9.13 Å². The van der Waals surface area contributed by atoms with E-state index in [9.17, 15) is 0 Å². The fourth-order valence-electron chi connectivity index (χ4n) is 5.49. The third-order valence-electron chi connectivity index (χ3n) is 7.75. The van der Waals surface area contributed by atoms with Crippen LogP contribution in [0.15, 0.2) is 103 Å². The molecule has 2 aromatic heterocycles. The molecule has 194 valence electrons. The molecular weight excluding hydrogens is 472 g/mol. The molecule has 0 bridgehead atoms. The standard InChI is InChI=1S/C19H20N.C18H18N/c1-13-11-14(2)15(3)17(12-13)19-10-9-16-7-5-6-8-18(16)20(19)4;1-13-8-10-16(14(2)12-13)18-11-9-15-6-4-5-7-17(15)19(18)3/h5-12H,1-4H3;4-12H,1-3H3/q2*+1/i;1D3. The van der Waals surface area contributed by atoms with Gasteiger partial charge in [0.15, 0.2) is 0 Å². The first-order chi connectivity index (χ1) is 20.0. The molecule has 0 aliphatic heterocycles. The van der Waals surface area contributed by atoms with E-state index in [4.69, 9.17) is 4.11 Å². The Hall–Kier alpha value is -4.30. The van der Waals surface area contributed by atoms with Crippen LogP contribution in [-0.4, -0.2) is 0 Å². The molecule has 0 atom stereocenters. The predicted molar refractivity (Wildman–Crippen MR) is 165 cm³/mol. The van der Waals surface area contributed by atoms with Crippen LogP contribution in [0.2, 0.25) is 0 Å². The molecule has 0 aliphatic rings. The smallest absolute Gasteiger partial charge is 0.194 e. The topological polar surface area (TPSA) is 7.76 Å². The maximum atomic E-state index is 7.52. The van der Waals surface area contributed by atoms with Gasteiger partial charge in [0, 0.05) is 50.3 Å². The average molecular weight is 514 g/mol. The van der Waals surface area contributed by atoms with Crippen LogP contribution in [-0.2, 0) is 14.1 Å². The van der Waals surface area contributed by atoms with Gasteiger partial charge in [-0.05, 0) is 87.6 Å². The van der Waals surface area contributed by atoms with Gasteiger partial charge in [-0.25, -0.2) is 0 Å². The van der Waals surface area contributed by atoms with Crippen LogP contribution in [0.4, 0.5) is 0 Å². The lowest BCUT2D eigenvalue weighted by atomic mass is 9.97. The SMILES string of the molecule is Cc1cc(C)c(C)c(-c2ccc3ccccc3[n+]2C)c1.[2H]C([2H])([2H])c1ccc(-c2ccc3ccccc3[n+]2C)c(C)c1. The van der Waals surface area contributed by atoms with Crippen molar-refractivity contribution < 1.29 is 13.2 Å².